The second-order valence-electron chi connectivity index (χ2n) is 15.4. The first kappa shape index (κ1) is 37.9. The lowest BCUT2D eigenvalue weighted by atomic mass is 9.82. The molecular weight excluding hydrogens is 558 g/mol. The fourth-order valence-electron chi connectivity index (χ4n) is 8.43. The Morgan fingerprint density at radius 3 is 1.09 bits per heavy atom. The SMILES string of the molecule is CCCCCC1CCC(NC(=O)CC(CC(=O)NC2CCC(CCCCC)CC2)C(=O)NC2CCC(CCCCC)CC2)CC1. The standard InChI is InChI=1S/C39H71N3O3/c1-4-7-10-13-30-16-22-34(23-17-30)40-37(43)28-33(39(45)42-36-26-20-32(21-27-36)15-12-9-6-3)29-38(44)41-35-24-18-31(19-25-35)14-11-8-5-2/h30-36H,4-29H2,1-3H3,(H,40,43)(H,41,44)(H,42,45). The van der Waals surface area contributed by atoms with Crippen LogP contribution in [0.5, 0.6) is 0 Å². The third-order valence-corrected chi connectivity index (χ3v) is 11.5. The second kappa shape index (κ2) is 22.1. The van der Waals surface area contributed by atoms with E-state index in [-0.39, 0.29) is 48.7 Å². The van der Waals surface area contributed by atoms with Crippen molar-refractivity contribution in [2.75, 3.05) is 0 Å². The first-order valence-electron chi connectivity index (χ1n) is 19.8. The van der Waals surface area contributed by atoms with Gasteiger partial charge in [-0.3, -0.25) is 14.4 Å². The van der Waals surface area contributed by atoms with Gasteiger partial charge in [-0.15, -0.1) is 0 Å². The average Bonchev–Trinajstić information content (AvgIpc) is 3.03. The van der Waals surface area contributed by atoms with Crippen LogP contribution in [0.1, 0.15) is 188 Å². The van der Waals surface area contributed by atoms with E-state index in [4.69, 9.17) is 0 Å². The molecule has 0 radical (unpaired) electrons. The molecule has 0 atom stereocenters. The number of rotatable bonds is 20. The molecule has 0 aromatic heterocycles. The van der Waals surface area contributed by atoms with Crippen LogP contribution >= 0.6 is 0 Å². The maximum Gasteiger partial charge on any atom is 0.224 e. The molecule has 0 spiro atoms. The Kier molecular flexibility index (Phi) is 18.6. The summed E-state index contributed by atoms with van der Waals surface area (Å²) < 4.78 is 0. The van der Waals surface area contributed by atoms with Gasteiger partial charge in [0.25, 0.3) is 0 Å². The third kappa shape index (κ3) is 15.2. The first-order chi connectivity index (χ1) is 21.9. The van der Waals surface area contributed by atoms with E-state index >= 15 is 0 Å². The maximum atomic E-state index is 13.6. The van der Waals surface area contributed by atoms with Crippen LogP contribution in [0.4, 0.5) is 0 Å². The summed E-state index contributed by atoms with van der Waals surface area (Å²) in [5.74, 6) is 1.52. The number of hydrogen-bond donors (Lipinski definition) is 3. The molecule has 260 valence electrons. The topological polar surface area (TPSA) is 87.3 Å². The molecule has 0 aromatic carbocycles. The summed E-state index contributed by atoms with van der Waals surface area (Å²) >= 11 is 0. The number of unbranched alkanes of at least 4 members (excludes halogenated alkanes) is 6. The van der Waals surface area contributed by atoms with E-state index < -0.39 is 5.92 Å². The zero-order chi connectivity index (χ0) is 32.3. The predicted octanol–water partition coefficient (Wildman–Crippen LogP) is 9.15. The van der Waals surface area contributed by atoms with Crippen LogP contribution in [0, 0.1) is 23.7 Å². The molecule has 45 heavy (non-hydrogen) atoms. The van der Waals surface area contributed by atoms with Crippen molar-refractivity contribution in [3.63, 3.8) is 0 Å². The van der Waals surface area contributed by atoms with Crippen LogP contribution in [0.3, 0.4) is 0 Å². The van der Waals surface area contributed by atoms with Gasteiger partial charge in [0, 0.05) is 31.0 Å². The van der Waals surface area contributed by atoms with Gasteiger partial charge in [-0.2, -0.15) is 0 Å². The van der Waals surface area contributed by atoms with Crippen molar-refractivity contribution < 1.29 is 14.4 Å². The summed E-state index contributed by atoms with van der Waals surface area (Å²) in [7, 11) is 0. The molecule has 3 N–H and O–H groups in total. The summed E-state index contributed by atoms with van der Waals surface area (Å²) in [6, 6.07) is 0.570. The molecule has 3 aliphatic rings. The highest BCUT2D eigenvalue weighted by Crippen LogP contribution is 2.31. The summed E-state index contributed by atoms with van der Waals surface area (Å²) in [6.07, 6.45) is 29.0. The lowest BCUT2D eigenvalue weighted by Gasteiger charge is -2.31. The molecular formula is C39H71N3O3. The molecule has 0 heterocycles. The number of nitrogens with one attached hydrogen (secondary N) is 3. The Labute approximate surface area is 277 Å². The van der Waals surface area contributed by atoms with Crippen LogP contribution in [-0.4, -0.2) is 35.8 Å². The highest BCUT2D eigenvalue weighted by Gasteiger charge is 2.31. The van der Waals surface area contributed by atoms with Crippen LogP contribution in [0.2, 0.25) is 0 Å². The average molecular weight is 630 g/mol. The molecule has 3 fully saturated rings. The molecule has 3 saturated carbocycles. The summed E-state index contributed by atoms with van der Waals surface area (Å²) in [6.45, 7) is 6.76. The number of carbonyl (C=O) groups excluding carboxylic acids is 3. The van der Waals surface area contributed by atoms with Gasteiger partial charge < -0.3 is 16.0 Å². The highest BCUT2D eigenvalue weighted by molar-refractivity contribution is 5.90. The summed E-state index contributed by atoms with van der Waals surface area (Å²) in [4.78, 5) is 40.2. The van der Waals surface area contributed by atoms with Gasteiger partial charge in [-0.1, -0.05) is 97.8 Å². The van der Waals surface area contributed by atoms with Crippen molar-refractivity contribution in [3.8, 4) is 0 Å². The molecule has 6 heteroatoms. The Balaban J connectivity index is 1.48. The van der Waals surface area contributed by atoms with E-state index in [0.29, 0.717) is 0 Å². The van der Waals surface area contributed by atoms with Crippen molar-refractivity contribution in [1.82, 2.24) is 16.0 Å². The van der Waals surface area contributed by atoms with Crippen LogP contribution in [-0.2, 0) is 14.4 Å². The number of hydrogen-bond acceptors (Lipinski definition) is 3. The summed E-state index contributed by atoms with van der Waals surface area (Å²) in [5, 5.41) is 9.80. The molecule has 6 nitrogen and oxygen atoms in total. The molecule has 0 aromatic rings. The lowest BCUT2D eigenvalue weighted by Crippen LogP contribution is -2.46. The minimum atomic E-state index is -0.608. The highest BCUT2D eigenvalue weighted by atomic mass is 16.2. The molecule has 3 aliphatic carbocycles. The second-order valence-corrected chi connectivity index (χ2v) is 15.4. The molecule has 0 aliphatic heterocycles. The fraction of sp³-hybridized carbons (Fsp3) is 0.923. The maximum absolute atomic E-state index is 13.6. The van der Waals surface area contributed by atoms with Gasteiger partial charge in [0.2, 0.25) is 17.7 Å². The van der Waals surface area contributed by atoms with E-state index in [0.717, 1.165) is 56.3 Å². The lowest BCUT2D eigenvalue weighted by molar-refractivity contribution is -0.134. The molecule has 0 unspecified atom stereocenters. The largest absolute Gasteiger partial charge is 0.353 e. The van der Waals surface area contributed by atoms with E-state index in [1.54, 1.807) is 0 Å². The van der Waals surface area contributed by atoms with E-state index in [9.17, 15) is 14.4 Å². The van der Waals surface area contributed by atoms with Crippen molar-refractivity contribution in [2.45, 2.75) is 206 Å². The zero-order valence-corrected chi connectivity index (χ0v) is 29.7. The van der Waals surface area contributed by atoms with Gasteiger partial charge in [-0.25, -0.2) is 0 Å². The third-order valence-electron chi connectivity index (χ3n) is 11.5. The van der Waals surface area contributed by atoms with Crippen LogP contribution in [0.15, 0.2) is 0 Å². The van der Waals surface area contributed by atoms with E-state index in [1.165, 1.54) is 116 Å². The fourth-order valence-corrected chi connectivity index (χ4v) is 8.43. The quantitative estimate of drug-likeness (QED) is 0.117. The summed E-state index contributed by atoms with van der Waals surface area (Å²) in [5.41, 5.74) is 0. The van der Waals surface area contributed by atoms with Gasteiger partial charge in [-0.05, 0) is 94.8 Å². The zero-order valence-electron chi connectivity index (χ0n) is 29.7. The van der Waals surface area contributed by atoms with Gasteiger partial charge in [0.15, 0.2) is 0 Å². The Morgan fingerprint density at radius 2 is 0.778 bits per heavy atom. The number of amides is 3. The van der Waals surface area contributed by atoms with Crippen molar-refractivity contribution in [3.05, 3.63) is 0 Å². The van der Waals surface area contributed by atoms with Crippen LogP contribution < -0.4 is 16.0 Å². The monoisotopic (exact) mass is 630 g/mol. The van der Waals surface area contributed by atoms with Gasteiger partial charge in [0.1, 0.15) is 0 Å². The Bertz CT molecular complexity index is 777. The minimum absolute atomic E-state index is 0.0652. The van der Waals surface area contributed by atoms with Crippen molar-refractivity contribution >= 4 is 17.7 Å². The smallest absolute Gasteiger partial charge is 0.224 e. The predicted molar refractivity (Wildman–Crippen MR) is 187 cm³/mol. The molecule has 3 amide bonds. The normalized spacial score (nSPS) is 27.8. The molecule has 0 bridgehead atoms. The Hall–Kier alpha value is -1.59. The van der Waals surface area contributed by atoms with Gasteiger partial charge in [0.05, 0.1) is 5.92 Å². The number of carbonyl (C=O) groups is 3. The molecule has 0 saturated heterocycles. The minimum Gasteiger partial charge on any atom is -0.353 e. The van der Waals surface area contributed by atoms with E-state index in [2.05, 4.69) is 36.7 Å². The van der Waals surface area contributed by atoms with Crippen LogP contribution in [0.25, 0.3) is 0 Å². The van der Waals surface area contributed by atoms with Gasteiger partial charge >= 0.3 is 0 Å². The molecule has 3 rings (SSSR count). The van der Waals surface area contributed by atoms with Crippen molar-refractivity contribution in [1.29, 1.82) is 0 Å². The van der Waals surface area contributed by atoms with E-state index in [1.807, 2.05) is 0 Å². The first-order valence-corrected chi connectivity index (χ1v) is 19.8. The van der Waals surface area contributed by atoms with Crippen molar-refractivity contribution in [2.24, 2.45) is 23.7 Å². The Morgan fingerprint density at radius 1 is 0.467 bits per heavy atom.